The predicted octanol–water partition coefficient (Wildman–Crippen LogP) is 4.37. The number of benzene rings is 2. The molecule has 3 aromatic rings. The molecule has 0 bridgehead atoms. The van der Waals surface area contributed by atoms with E-state index in [2.05, 4.69) is 15.5 Å². The first-order chi connectivity index (χ1) is 24.1. The minimum atomic E-state index is -0.623. The summed E-state index contributed by atoms with van der Waals surface area (Å²) in [4.78, 5) is 44.5. The van der Waals surface area contributed by atoms with Gasteiger partial charge in [0.25, 0.3) is 0 Å². The fraction of sp³-hybridized carbons (Fsp3) is 0.447. The van der Waals surface area contributed by atoms with Crippen LogP contribution in [-0.2, 0) is 22.6 Å². The molecule has 1 saturated heterocycles. The summed E-state index contributed by atoms with van der Waals surface area (Å²) >= 11 is 0. The lowest BCUT2D eigenvalue weighted by Crippen LogP contribution is -2.53. The predicted molar refractivity (Wildman–Crippen MR) is 189 cm³/mol. The highest BCUT2D eigenvalue weighted by atomic mass is 16.7. The van der Waals surface area contributed by atoms with Crippen molar-refractivity contribution < 1.29 is 33.3 Å². The average molecular weight is 687 g/mol. The third-order valence-corrected chi connectivity index (χ3v) is 9.69. The molecule has 0 radical (unpaired) electrons. The number of amides is 2. The Balaban J connectivity index is 1.27. The number of hydrogen-bond acceptors (Lipinski definition) is 10. The average Bonchev–Trinajstić information content (AvgIpc) is 3.45. The van der Waals surface area contributed by atoms with Crippen LogP contribution < -0.4 is 39.7 Å². The summed E-state index contributed by atoms with van der Waals surface area (Å²) in [5.74, 6) is 2.63. The van der Waals surface area contributed by atoms with Gasteiger partial charge in [-0.3, -0.25) is 19.3 Å². The molecular formula is C38H46N4O8. The zero-order chi connectivity index (χ0) is 35.5. The Labute approximate surface area is 292 Å². The number of rotatable bonds is 10. The molecule has 2 N–H and O–H groups in total. The van der Waals surface area contributed by atoms with E-state index in [9.17, 15) is 14.4 Å². The van der Waals surface area contributed by atoms with Gasteiger partial charge in [-0.15, -0.1) is 0 Å². The van der Waals surface area contributed by atoms with Crippen molar-refractivity contribution in [3.8, 4) is 39.9 Å². The molecule has 1 aliphatic carbocycles. The minimum absolute atomic E-state index is 0.0461. The van der Waals surface area contributed by atoms with Crippen molar-refractivity contribution in [2.24, 2.45) is 5.92 Å². The van der Waals surface area contributed by atoms with Crippen LogP contribution in [0.25, 0.3) is 11.1 Å². The van der Waals surface area contributed by atoms with Crippen LogP contribution in [-0.4, -0.2) is 82.0 Å². The molecule has 2 aliphatic heterocycles. The Kier molecular flexibility index (Phi) is 10.4. The first kappa shape index (κ1) is 34.9. The number of ether oxygens (including phenoxy) is 5. The molecule has 12 heteroatoms. The lowest BCUT2D eigenvalue weighted by molar-refractivity contribution is -0.134. The number of anilines is 1. The molecule has 3 aromatic carbocycles. The largest absolute Gasteiger partial charge is 0.493 e. The number of carbonyl (C=O) groups excluding carboxylic acids is 2. The van der Waals surface area contributed by atoms with Crippen molar-refractivity contribution in [1.82, 2.24) is 15.1 Å². The maximum atomic E-state index is 14.0. The number of carbonyl (C=O) groups is 2. The molecule has 50 heavy (non-hydrogen) atoms. The molecule has 2 atom stereocenters. The highest BCUT2D eigenvalue weighted by Crippen LogP contribution is 2.50. The highest BCUT2D eigenvalue weighted by Gasteiger charge is 2.32. The minimum Gasteiger partial charge on any atom is -0.493 e. The zero-order valence-corrected chi connectivity index (χ0v) is 29.6. The summed E-state index contributed by atoms with van der Waals surface area (Å²) < 4.78 is 28.2. The number of nitrogens with one attached hydrogen (secondary N) is 2. The van der Waals surface area contributed by atoms with Gasteiger partial charge in [0, 0.05) is 45.2 Å². The van der Waals surface area contributed by atoms with Crippen molar-refractivity contribution in [3.63, 3.8) is 0 Å². The number of nitrogens with zero attached hydrogens (tertiary/aromatic N) is 2. The van der Waals surface area contributed by atoms with Crippen molar-refractivity contribution in [2.75, 3.05) is 59.6 Å². The highest BCUT2D eigenvalue weighted by molar-refractivity contribution is 5.86. The van der Waals surface area contributed by atoms with E-state index < -0.39 is 12.1 Å². The summed E-state index contributed by atoms with van der Waals surface area (Å²) in [5.41, 5.74) is 4.25. The van der Waals surface area contributed by atoms with Gasteiger partial charge in [0.1, 0.15) is 6.04 Å². The second-order valence-electron chi connectivity index (χ2n) is 13.3. The topological polar surface area (TPSA) is 128 Å². The van der Waals surface area contributed by atoms with Gasteiger partial charge in [-0.05, 0) is 71.3 Å². The van der Waals surface area contributed by atoms with Gasteiger partial charge < -0.3 is 39.2 Å². The smallest absolute Gasteiger partial charge is 0.245 e. The third-order valence-electron chi connectivity index (χ3n) is 9.69. The standard InChI is InChI=1S/C38H46N4O8/c1-22(2)35(38(45)42-15-13-41(14-16-42)20-24-7-12-31-32(17-24)50-21-49-31)40-29-11-9-26-27(19-30(29)44)28(39-23(3)43)10-8-25-18-33(46-4)36(47-5)37(48-6)34(25)26/h7,9,11-12,17-19,22,28,35H,8,10,13-16,20-21H2,1-6H3,(H,39,43)(H,40,44)/t28-,35+/m1/s1. The Hall–Kier alpha value is -4.97. The maximum Gasteiger partial charge on any atom is 0.245 e. The molecule has 6 rings (SSSR count). The zero-order valence-electron chi connectivity index (χ0n) is 29.6. The number of hydrogen-bond donors (Lipinski definition) is 2. The van der Waals surface area contributed by atoms with Gasteiger partial charge in [-0.1, -0.05) is 26.0 Å². The van der Waals surface area contributed by atoms with Gasteiger partial charge in [0.15, 0.2) is 23.0 Å². The normalized spacial score (nSPS) is 17.3. The Bertz CT molecular complexity index is 1820. The molecule has 2 amide bonds. The number of methoxy groups -OCH3 is 3. The SMILES string of the molecule is COc1cc2c(c(OC)c1OC)-c1ccc(N[C@H](C(=O)N3CCN(Cc4ccc5c(c4)OCO5)CC3)C(C)C)c(=O)cc1[C@H](NC(C)=O)CC2. The molecule has 2 heterocycles. The van der Waals surface area contributed by atoms with E-state index in [1.54, 1.807) is 33.5 Å². The molecule has 3 aliphatic rings. The van der Waals surface area contributed by atoms with Gasteiger partial charge in [-0.2, -0.15) is 0 Å². The molecule has 12 nitrogen and oxygen atoms in total. The maximum absolute atomic E-state index is 14.0. The molecule has 266 valence electrons. The number of fused-ring (bicyclic) bond motifs is 4. The van der Waals surface area contributed by atoms with Crippen LogP contribution in [0, 0.1) is 5.92 Å². The lowest BCUT2D eigenvalue weighted by Gasteiger charge is -2.37. The summed E-state index contributed by atoms with van der Waals surface area (Å²) in [6.45, 7) is 9.02. The van der Waals surface area contributed by atoms with E-state index >= 15 is 0 Å². The quantitative estimate of drug-likeness (QED) is 0.318. The van der Waals surface area contributed by atoms with Gasteiger partial charge in [0.2, 0.25) is 29.8 Å². The number of piperazine rings is 1. The third kappa shape index (κ3) is 7.02. The van der Waals surface area contributed by atoms with Gasteiger partial charge in [0.05, 0.1) is 33.1 Å². The van der Waals surface area contributed by atoms with E-state index in [1.165, 1.54) is 6.92 Å². The molecular weight excluding hydrogens is 640 g/mol. The Morgan fingerprint density at radius 3 is 2.34 bits per heavy atom. The van der Waals surface area contributed by atoms with Crippen LogP contribution in [0.15, 0.2) is 47.3 Å². The summed E-state index contributed by atoms with van der Waals surface area (Å²) in [5, 5.41) is 6.36. The fourth-order valence-electron chi connectivity index (χ4n) is 7.13. The van der Waals surface area contributed by atoms with E-state index in [-0.39, 0.29) is 30.0 Å². The van der Waals surface area contributed by atoms with Crippen LogP contribution in [0.2, 0.25) is 0 Å². The summed E-state index contributed by atoms with van der Waals surface area (Å²) in [7, 11) is 4.69. The van der Waals surface area contributed by atoms with Crippen molar-refractivity contribution in [1.29, 1.82) is 0 Å². The van der Waals surface area contributed by atoms with Crippen LogP contribution >= 0.6 is 0 Å². The number of aryl methyl sites for hydroxylation is 1. The van der Waals surface area contributed by atoms with E-state index in [1.807, 2.05) is 49.1 Å². The molecule has 0 saturated carbocycles. The molecule has 0 aromatic heterocycles. The monoisotopic (exact) mass is 686 g/mol. The van der Waals surface area contributed by atoms with Gasteiger partial charge >= 0.3 is 0 Å². The molecule has 1 fully saturated rings. The second-order valence-corrected chi connectivity index (χ2v) is 13.3. The lowest BCUT2D eigenvalue weighted by atomic mass is 9.95. The first-order valence-corrected chi connectivity index (χ1v) is 17.1. The van der Waals surface area contributed by atoms with Crippen molar-refractivity contribution in [3.05, 3.63) is 69.4 Å². The van der Waals surface area contributed by atoms with Gasteiger partial charge in [-0.25, -0.2) is 0 Å². The van der Waals surface area contributed by atoms with Crippen LogP contribution in [0.3, 0.4) is 0 Å². The van der Waals surface area contributed by atoms with Crippen LogP contribution in [0.4, 0.5) is 5.69 Å². The second kappa shape index (κ2) is 14.9. The van der Waals surface area contributed by atoms with E-state index in [0.717, 1.165) is 53.4 Å². The van der Waals surface area contributed by atoms with E-state index in [0.29, 0.717) is 54.4 Å². The van der Waals surface area contributed by atoms with Crippen molar-refractivity contribution in [2.45, 2.75) is 52.2 Å². The molecule has 0 spiro atoms. The Morgan fingerprint density at radius 2 is 1.66 bits per heavy atom. The first-order valence-electron chi connectivity index (χ1n) is 17.1. The Morgan fingerprint density at radius 1 is 0.920 bits per heavy atom. The fourth-order valence-corrected chi connectivity index (χ4v) is 7.13. The summed E-state index contributed by atoms with van der Waals surface area (Å²) in [6.07, 6.45) is 1.15. The summed E-state index contributed by atoms with van der Waals surface area (Å²) in [6, 6.07) is 12.0. The van der Waals surface area contributed by atoms with Crippen LogP contribution in [0.1, 0.15) is 49.9 Å². The van der Waals surface area contributed by atoms with E-state index in [4.69, 9.17) is 23.7 Å². The molecule has 0 unspecified atom stereocenters. The van der Waals surface area contributed by atoms with Crippen molar-refractivity contribution >= 4 is 17.5 Å². The van der Waals surface area contributed by atoms with Crippen LogP contribution in [0.5, 0.6) is 28.7 Å².